The molecule has 4 fully saturated rings. The molecule has 3 saturated carbocycles. The van der Waals surface area contributed by atoms with Crippen LogP contribution in [-0.4, -0.2) is 55.7 Å². The fraction of sp³-hybridized carbons (Fsp3) is 0.867. The first-order chi connectivity index (χ1) is 10.7. The number of carboxylic acids is 1. The SMILES string of the molecule is CS(=O)(=O)NCCC1CCCCN1C(=O)C12CC(C(=O)O)(C1)C2. The zero-order valence-corrected chi connectivity index (χ0v) is 14.2. The Balaban J connectivity index is 1.59. The van der Waals surface area contributed by atoms with Gasteiger partial charge in [-0.3, -0.25) is 9.59 Å². The second kappa shape index (κ2) is 5.44. The Morgan fingerprint density at radius 1 is 1.22 bits per heavy atom. The summed E-state index contributed by atoms with van der Waals surface area (Å²) in [6.07, 6.45) is 6.04. The van der Waals surface area contributed by atoms with Crippen molar-refractivity contribution in [2.24, 2.45) is 10.8 Å². The molecule has 0 spiro atoms. The van der Waals surface area contributed by atoms with E-state index in [4.69, 9.17) is 0 Å². The minimum absolute atomic E-state index is 0.0558. The number of carbonyl (C=O) groups excluding carboxylic acids is 1. The minimum Gasteiger partial charge on any atom is -0.481 e. The molecule has 0 aromatic carbocycles. The predicted octanol–water partition coefficient (Wildman–Crippen LogP) is 0.562. The van der Waals surface area contributed by atoms with E-state index in [1.807, 2.05) is 4.90 Å². The quantitative estimate of drug-likeness (QED) is 0.733. The first-order valence-corrected chi connectivity index (χ1v) is 10.1. The number of amides is 1. The van der Waals surface area contributed by atoms with Crippen LogP contribution in [0.5, 0.6) is 0 Å². The molecule has 0 aromatic heterocycles. The second-order valence-corrected chi connectivity index (χ2v) is 9.33. The van der Waals surface area contributed by atoms with Gasteiger partial charge in [0.25, 0.3) is 0 Å². The molecule has 23 heavy (non-hydrogen) atoms. The molecule has 1 heterocycles. The van der Waals surface area contributed by atoms with Gasteiger partial charge in [0.05, 0.1) is 17.1 Å². The van der Waals surface area contributed by atoms with Gasteiger partial charge in [-0.1, -0.05) is 0 Å². The number of piperidine rings is 1. The van der Waals surface area contributed by atoms with Gasteiger partial charge < -0.3 is 10.0 Å². The van der Waals surface area contributed by atoms with Crippen molar-refractivity contribution in [3.63, 3.8) is 0 Å². The average Bonchev–Trinajstić information content (AvgIpc) is 2.34. The average molecular weight is 344 g/mol. The summed E-state index contributed by atoms with van der Waals surface area (Å²) in [6, 6.07) is 0.0558. The van der Waals surface area contributed by atoms with Crippen molar-refractivity contribution in [1.29, 1.82) is 0 Å². The van der Waals surface area contributed by atoms with Crippen molar-refractivity contribution in [1.82, 2.24) is 9.62 Å². The maximum absolute atomic E-state index is 12.9. The zero-order chi connectivity index (χ0) is 16.9. The molecule has 8 heteroatoms. The highest BCUT2D eigenvalue weighted by Gasteiger charge is 2.75. The Morgan fingerprint density at radius 2 is 1.87 bits per heavy atom. The highest BCUT2D eigenvalue weighted by atomic mass is 32.2. The summed E-state index contributed by atoms with van der Waals surface area (Å²) in [7, 11) is -3.21. The van der Waals surface area contributed by atoms with E-state index < -0.39 is 26.8 Å². The monoisotopic (exact) mass is 344 g/mol. The summed E-state index contributed by atoms with van der Waals surface area (Å²) >= 11 is 0. The van der Waals surface area contributed by atoms with E-state index in [1.165, 1.54) is 0 Å². The van der Waals surface area contributed by atoms with Crippen LogP contribution in [0.25, 0.3) is 0 Å². The van der Waals surface area contributed by atoms with Crippen molar-refractivity contribution in [2.45, 2.75) is 51.0 Å². The van der Waals surface area contributed by atoms with Gasteiger partial charge in [0.1, 0.15) is 0 Å². The summed E-state index contributed by atoms with van der Waals surface area (Å²) in [4.78, 5) is 25.9. The number of likely N-dealkylation sites (tertiary alicyclic amines) is 1. The number of nitrogens with one attached hydrogen (secondary N) is 1. The molecule has 0 radical (unpaired) electrons. The van der Waals surface area contributed by atoms with Gasteiger partial charge in [0.2, 0.25) is 15.9 Å². The third-order valence-corrected chi connectivity index (χ3v) is 6.40. The lowest BCUT2D eigenvalue weighted by molar-refractivity contribution is -0.227. The van der Waals surface area contributed by atoms with Crippen LogP contribution in [0.1, 0.15) is 44.9 Å². The third kappa shape index (κ3) is 2.87. The van der Waals surface area contributed by atoms with E-state index in [0.29, 0.717) is 38.8 Å². The Bertz CT molecular complexity index is 610. The van der Waals surface area contributed by atoms with E-state index in [9.17, 15) is 23.1 Å². The van der Waals surface area contributed by atoms with Crippen molar-refractivity contribution in [2.75, 3.05) is 19.3 Å². The number of carboxylic acid groups (broad SMARTS) is 1. The van der Waals surface area contributed by atoms with Gasteiger partial charge >= 0.3 is 5.97 Å². The summed E-state index contributed by atoms with van der Waals surface area (Å²) < 4.78 is 24.8. The van der Waals surface area contributed by atoms with E-state index in [-0.39, 0.29) is 11.9 Å². The molecule has 2 bridgehead atoms. The topological polar surface area (TPSA) is 104 Å². The van der Waals surface area contributed by atoms with Crippen LogP contribution in [-0.2, 0) is 19.6 Å². The highest BCUT2D eigenvalue weighted by molar-refractivity contribution is 7.88. The van der Waals surface area contributed by atoms with Crippen LogP contribution in [0.2, 0.25) is 0 Å². The van der Waals surface area contributed by atoms with Crippen LogP contribution >= 0.6 is 0 Å². The maximum atomic E-state index is 12.9. The predicted molar refractivity (Wildman–Crippen MR) is 83.2 cm³/mol. The molecule has 1 saturated heterocycles. The van der Waals surface area contributed by atoms with Gasteiger partial charge in [0, 0.05) is 19.1 Å². The summed E-state index contributed by atoms with van der Waals surface area (Å²) in [5, 5.41) is 9.19. The molecule has 7 nitrogen and oxygen atoms in total. The molecule has 1 aliphatic heterocycles. The molecule has 1 unspecified atom stereocenters. The maximum Gasteiger partial charge on any atom is 0.309 e. The Kier molecular flexibility index (Phi) is 3.95. The zero-order valence-electron chi connectivity index (χ0n) is 13.4. The largest absolute Gasteiger partial charge is 0.481 e. The lowest BCUT2D eigenvalue weighted by atomic mass is 9.34. The van der Waals surface area contributed by atoms with Crippen LogP contribution < -0.4 is 4.72 Å². The summed E-state index contributed by atoms with van der Waals surface area (Å²) in [6.45, 7) is 1.03. The lowest BCUT2D eigenvalue weighted by Gasteiger charge is -2.67. The van der Waals surface area contributed by atoms with Crippen LogP contribution in [0.3, 0.4) is 0 Å². The van der Waals surface area contributed by atoms with Crippen LogP contribution in [0.15, 0.2) is 0 Å². The van der Waals surface area contributed by atoms with Crippen LogP contribution in [0.4, 0.5) is 0 Å². The van der Waals surface area contributed by atoms with Crippen molar-refractivity contribution >= 4 is 21.9 Å². The van der Waals surface area contributed by atoms with Crippen molar-refractivity contribution in [3.8, 4) is 0 Å². The number of nitrogens with zero attached hydrogens (tertiary/aromatic N) is 1. The number of hydrogen-bond acceptors (Lipinski definition) is 4. The Morgan fingerprint density at radius 3 is 2.43 bits per heavy atom. The first kappa shape index (κ1) is 16.7. The Labute approximate surface area is 136 Å². The Hall–Kier alpha value is -1.15. The van der Waals surface area contributed by atoms with Gasteiger partial charge in [-0.15, -0.1) is 0 Å². The van der Waals surface area contributed by atoms with Crippen molar-refractivity contribution < 1.29 is 23.1 Å². The number of hydrogen-bond donors (Lipinski definition) is 2. The molecular formula is C15H24N2O5S. The van der Waals surface area contributed by atoms with Gasteiger partial charge in [0.15, 0.2) is 0 Å². The summed E-state index contributed by atoms with van der Waals surface area (Å²) in [5.74, 6) is -0.690. The van der Waals surface area contributed by atoms with Crippen molar-refractivity contribution in [3.05, 3.63) is 0 Å². The lowest BCUT2D eigenvalue weighted by Crippen LogP contribution is -2.71. The molecule has 2 N–H and O–H groups in total. The molecule has 4 rings (SSSR count). The molecular weight excluding hydrogens is 320 g/mol. The van der Waals surface area contributed by atoms with Gasteiger partial charge in [-0.05, 0) is 44.9 Å². The smallest absolute Gasteiger partial charge is 0.309 e. The first-order valence-electron chi connectivity index (χ1n) is 8.17. The number of carbonyl (C=O) groups is 2. The number of aliphatic carboxylic acids is 1. The van der Waals surface area contributed by atoms with Gasteiger partial charge in [-0.25, -0.2) is 13.1 Å². The number of sulfonamides is 1. The molecule has 1 amide bonds. The van der Waals surface area contributed by atoms with Gasteiger partial charge in [-0.2, -0.15) is 0 Å². The van der Waals surface area contributed by atoms with E-state index in [2.05, 4.69) is 4.72 Å². The van der Waals surface area contributed by atoms with E-state index in [1.54, 1.807) is 0 Å². The molecule has 4 aliphatic rings. The normalized spacial score (nSPS) is 36.0. The van der Waals surface area contributed by atoms with E-state index in [0.717, 1.165) is 25.5 Å². The standard InChI is InChI=1S/C15H24N2O5S/c1-23(21,22)16-6-5-11-4-2-3-7-17(11)12(18)14-8-15(9-14,10-14)13(19)20/h11,16H,2-10H2,1H3,(H,19,20). The second-order valence-electron chi connectivity index (χ2n) is 7.50. The molecule has 1 atom stereocenters. The highest BCUT2D eigenvalue weighted by Crippen LogP contribution is 2.74. The fourth-order valence-electron chi connectivity index (χ4n) is 4.53. The molecule has 0 aromatic rings. The fourth-order valence-corrected chi connectivity index (χ4v) is 5.01. The minimum atomic E-state index is -3.21. The van der Waals surface area contributed by atoms with Crippen LogP contribution in [0, 0.1) is 10.8 Å². The molecule has 130 valence electrons. The van der Waals surface area contributed by atoms with E-state index >= 15 is 0 Å². The third-order valence-electron chi connectivity index (χ3n) is 5.67. The molecule has 3 aliphatic carbocycles. The summed E-state index contributed by atoms with van der Waals surface area (Å²) in [5.41, 5.74) is -1.09. The number of rotatable bonds is 6.